The van der Waals surface area contributed by atoms with Gasteiger partial charge in [0, 0.05) is 32.5 Å². The number of pyridine rings is 1. The fourth-order valence-electron chi connectivity index (χ4n) is 8.98. The van der Waals surface area contributed by atoms with E-state index in [-0.39, 0.29) is 51.4 Å². The number of nitrogens with zero attached hydrogens (tertiary/aromatic N) is 2. The molecule has 1 aliphatic rings. The van der Waals surface area contributed by atoms with Crippen molar-refractivity contribution in [3.63, 3.8) is 0 Å². The average Bonchev–Trinajstić information content (AvgIpc) is 3.79. The molecule has 1 aromatic heterocycles. The van der Waals surface area contributed by atoms with Gasteiger partial charge in [0.15, 0.2) is 0 Å². The Hall–Kier alpha value is -6.91. The van der Waals surface area contributed by atoms with Gasteiger partial charge in [-0.05, 0) is 139 Å². The zero-order valence-electron chi connectivity index (χ0n) is 51.0. The van der Waals surface area contributed by atoms with Crippen molar-refractivity contribution in [2.45, 2.75) is 105 Å². The highest BCUT2D eigenvalue weighted by molar-refractivity contribution is 5.98. The molecule has 8 aromatic rings. The molecule has 0 spiro atoms. The van der Waals surface area contributed by atoms with Crippen LogP contribution in [0.3, 0.4) is 0 Å². The number of phenols is 1. The molecule has 0 radical (unpaired) electrons. The summed E-state index contributed by atoms with van der Waals surface area (Å²) in [5, 5.41) is 16.5. The van der Waals surface area contributed by atoms with E-state index in [0.717, 1.165) is 38.9 Å². The van der Waals surface area contributed by atoms with Crippen molar-refractivity contribution in [3.8, 4) is 61.5 Å². The lowest BCUT2D eigenvalue weighted by Gasteiger charge is -2.32. The molecule has 1 atom stereocenters. The fourth-order valence-corrected chi connectivity index (χ4v) is 8.98. The van der Waals surface area contributed by atoms with Crippen molar-refractivity contribution in [1.29, 1.82) is 0 Å². The highest BCUT2D eigenvalue weighted by atomic mass is 16.3. The molecule has 338 valence electrons. The number of benzene rings is 7. The molecule has 0 saturated heterocycles. The first kappa shape index (κ1) is 33.5. The lowest BCUT2D eigenvalue weighted by atomic mass is 9.83. The van der Waals surface area contributed by atoms with E-state index in [2.05, 4.69) is 86.2 Å². The van der Waals surface area contributed by atoms with Gasteiger partial charge in [-0.15, -0.1) is 0 Å². The molecule has 4 heteroatoms. The third-order valence-electron chi connectivity index (χ3n) is 12.9. The number of hydrogen-bond acceptors (Lipinski definition) is 4. The molecule has 1 aliphatic heterocycles. The van der Waals surface area contributed by atoms with E-state index in [1.54, 1.807) is 6.07 Å². The Morgan fingerprint density at radius 2 is 1.31 bits per heavy atom. The standard InChI is InChI=1S/C63H65N3O/c1-39(2)46-35-52(40(3)4)60(67)55(36-46)61-65-59-51(47-32-48(34-50(33-47)63(9,10)11)56-37-45(29-30-64-56)42-19-14-12-15-20-42)23-18-24-57(59)66(61)58-31-41(5)53(43-21-16-13-17-22-43)38-54(58)44-25-27-49(28-26-44)62(6,7)8/h12-40,61,65,67H,1-11H3/i5D3,12D,14D,15D,19D,20D,29D,30D,37D. The molecule has 0 fully saturated rings. The van der Waals surface area contributed by atoms with Crippen LogP contribution in [0.25, 0.3) is 55.8 Å². The maximum absolute atomic E-state index is 12.6. The summed E-state index contributed by atoms with van der Waals surface area (Å²) in [6.07, 6.45) is -1.34. The number of hydrogen-bond donors (Lipinski definition) is 2. The third-order valence-corrected chi connectivity index (χ3v) is 12.9. The van der Waals surface area contributed by atoms with Gasteiger partial charge in [-0.3, -0.25) is 4.98 Å². The molecule has 0 amide bonds. The molecule has 7 aromatic carbocycles. The van der Waals surface area contributed by atoms with Gasteiger partial charge in [0.25, 0.3) is 0 Å². The van der Waals surface area contributed by atoms with Crippen LogP contribution in [0, 0.1) is 6.85 Å². The van der Waals surface area contributed by atoms with Crippen LogP contribution in [-0.2, 0) is 10.8 Å². The van der Waals surface area contributed by atoms with E-state index in [1.807, 2.05) is 107 Å². The molecule has 4 nitrogen and oxygen atoms in total. The van der Waals surface area contributed by atoms with Crippen molar-refractivity contribution < 1.29 is 20.2 Å². The number of fused-ring (bicyclic) bond motifs is 1. The Morgan fingerprint density at radius 3 is 1.99 bits per heavy atom. The maximum atomic E-state index is 12.6. The second-order valence-corrected chi connectivity index (χ2v) is 20.3. The monoisotopic (exact) mass is 891 g/mol. The quantitative estimate of drug-likeness (QED) is 0.152. The predicted molar refractivity (Wildman–Crippen MR) is 285 cm³/mol. The van der Waals surface area contributed by atoms with Crippen LogP contribution in [0.2, 0.25) is 0 Å². The Bertz CT molecular complexity index is 3640. The normalized spacial score (nSPS) is 16.4. The SMILES string of the molecule is [2H]c1nc(-c2cc(-c3cccc4c3NC(c3cc(C(C)C)cc(C(C)C)c3O)N4c3cc(C([2H])([2H])[2H])c(-c4ccccc4)cc3-c3ccc(C(C)(C)C)cc3)cc(C(C)(C)C)c2)c([2H])c(-c2c([2H])c([2H])c([2H])c([2H])c2[2H])c1[2H]. The van der Waals surface area contributed by atoms with Crippen molar-refractivity contribution >= 4 is 17.1 Å². The maximum Gasteiger partial charge on any atom is 0.134 e. The van der Waals surface area contributed by atoms with Crippen molar-refractivity contribution in [2.24, 2.45) is 0 Å². The van der Waals surface area contributed by atoms with Crippen LogP contribution in [0.1, 0.15) is 136 Å². The summed E-state index contributed by atoms with van der Waals surface area (Å²) in [5.41, 5.74) is 9.85. The van der Waals surface area contributed by atoms with Crippen LogP contribution in [0.4, 0.5) is 17.1 Å². The van der Waals surface area contributed by atoms with Gasteiger partial charge in [-0.25, -0.2) is 0 Å². The van der Waals surface area contributed by atoms with Gasteiger partial charge in [-0.2, -0.15) is 0 Å². The van der Waals surface area contributed by atoms with Crippen LogP contribution in [0.15, 0.2) is 164 Å². The first-order valence-corrected chi connectivity index (χ1v) is 23.1. The summed E-state index contributed by atoms with van der Waals surface area (Å²) >= 11 is 0. The minimum Gasteiger partial charge on any atom is -0.507 e. The molecule has 0 aliphatic carbocycles. The highest BCUT2D eigenvalue weighted by Gasteiger charge is 2.37. The third kappa shape index (κ3) is 8.90. The minimum atomic E-state index is -2.56. The average molecular weight is 891 g/mol. The molecule has 1 unspecified atom stereocenters. The lowest BCUT2D eigenvalue weighted by molar-refractivity contribution is 0.453. The van der Waals surface area contributed by atoms with Crippen molar-refractivity contribution in [1.82, 2.24) is 4.98 Å². The molecular formula is C63H65N3O. The summed E-state index contributed by atoms with van der Waals surface area (Å²) in [6.45, 7) is 18.4. The van der Waals surface area contributed by atoms with Crippen LogP contribution >= 0.6 is 0 Å². The molecule has 9 rings (SSSR count). The second kappa shape index (κ2) is 17.7. The van der Waals surface area contributed by atoms with Gasteiger partial charge in [-0.1, -0.05) is 178 Å². The number of aromatic hydroxyl groups is 1. The van der Waals surface area contributed by atoms with Crippen LogP contribution in [0.5, 0.6) is 5.75 Å². The summed E-state index contributed by atoms with van der Waals surface area (Å²) in [4.78, 5) is 6.59. The molecule has 0 bridgehead atoms. The number of nitrogens with one attached hydrogen (secondary N) is 1. The molecular weight excluding hydrogens is 815 g/mol. The van der Waals surface area contributed by atoms with Crippen LogP contribution in [-0.4, -0.2) is 10.1 Å². The van der Waals surface area contributed by atoms with E-state index >= 15 is 0 Å². The molecule has 0 saturated carbocycles. The van der Waals surface area contributed by atoms with E-state index in [4.69, 9.17) is 13.7 Å². The topological polar surface area (TPSA) is 48.4 Å². The Balaban J connectivity index is 1.36. The van der Waals surface area contributed by atoms with Crippen molar-refractivity contribution in [2.75, 3.05) is 10.2 Å². The first-order chi connectivity index (χ1) is 36.5. The van der Waals surface area contributed by atoms with E-state index in [0.29, 0.717) is 44.9 Å². The molecule has 67 heavy (non-hydrogen) atoms. The van der Waals surface area contributed by atoms with E-state index in [1.165, 1.54) is 0 Å². The summed E-state index contributed by atoms with van der Waals surface area (Å²) in [5.74, 6) is 0.148. The van der Waals surface area contributed by atoms with Crippen LogP contribution < -0.4 is 10.2 Å². The minimum absolute atomic E-state index is 0.0142. The number of phenolic OH excluding ortho intramolecular Hbond substituents is 1. The Labute approximate surface area is 414 Å². The predicted octanol–water partition coefficient (Wildman–Crippen LogP) is 17.5. The molecule has 2 heterocycles. The largest absolute Gasteiger partial charge is 0.507 e. The number of aromatic nitrogens is 1. The summed E-state index contributed by atoms with van der Waals surface area (Å²) in [7, 11) is 0. The zero-order valence-corrected chi connectivity index (χ0v) is 40.0. The first-order valence-electron chi connectivity index (χ1n) is 28.6. The zero-order chi connectivity index (χ0) is 56.8. The van der Waals surface area contributed by atoms with Crippen molar-refractivity contribution in [3.05, 3.63) is 197 Å². The molecule has 2 N–H and O–H groups in total. The van der Waals surface area contributed by atoms with Gasteiger partial charge < -0.3 is 15.3 Å². The van der Waals surface area contributed by atoms with Gasteiger partial charge in [0.1, 0.15) is 11.9 Å². The second-order valence-electron chi connectivity index (χ2n) is 20.3. The highest BCUT2D eigenvalue weighted by Crippen LogP contribution is 2.55. The summed E-state index contributed by atoms with van der Waals surface area (Å²) < 4.78 is 97.3. The van der Waals surface area contributed by atoms with Gasteiger partial charge >= 0.3 is 0 Å². The lowest BCUT2D eigenvalue weighted by Crippen LogP contribution is -2.25. The van der Waals surface area contributed by atoms with Gasteiger partial charge in [0.05, 0.1) is 33.7 Å². The summed E-state index contributed by atoms with van der Waals surface area (Å²) in [6, 6.07) is 33.5. The number of aryl methyl sites for hydroxylation is 1. The van der Waals surface area contributed by atoms with E-state index < -0.39 is 60.9 Å². The van der Waals surface area contributed by atoms with Gasteiger partial charge in [0.2, 0.25) is 0 Å². The Kier molecular flexibility index (Phi) is 8.87. The number of para-hydroxylation sites is 1. The number of rotatable bonds is 9. The van der Waals surface area contributed by atoms with E-state index in [9.17, 15) is 6.48 Å². The fraction of sp³-hybridized carbons (Fsp3) is 0.254. The number of anilines is 3. The Morgan fingerprint density at radius 1 is 0.612 bits per heavy atom. The smallest absolute Gasteiger partial charge is 0.134 e.